The summed E-state index contributed by atoms with van der Waals surface area (Å²) in [4.78, 5) is 6.10. The first-order valence-corrected chi connectivity index (χ1v) is 8.57. The summed E-state index contributed by atoms with van der Waals surface area (Å²) in [6.07, 6.45) is 2.47. The van der Waals surface area contributed by atoms with E-state index in [0.29, 0.717) is 13.2 Å². The van der Waals surface area contributed by atoms with Crippen LogP contribution < -0.4 is 0 Å². The molecule has 1 atom stereocenters. The van der Waals surface area contributed by atoms with E-state index in [1.54, 1.807) is 0 Å². The monoisotopic (exact) mass is 319 g/mol. The van der Waals surface area contributed by atoms with Crippen LogP contribution in [-0.2, 0) is 20.9 Å². The summed E-state index contributed by atoms with van der Waals surface area (Å²) < 4.78 is 11.5. The van der Waals surface area contributed by atoms with Gasteiger partial charge in [-0.05, 0) is 46.1 Å². The first kappa shape index (κ1) is 16.9. The Balaban J connectivity index is 1.60. The van der Waals surface area contributed by atoms with Gasteiger partial charge in [-0.15, -0.1) is 0 Å². The van der Waals surface area contributed by atoms with Crippen molar-refractivity contribution in [2.24, 2.45) is 0 Å². The normalized spacial score (nSPS) is 27.0. The number of hydroxylamine groups is 2. The van der Waals surface area contributed by atoms with E-state index in [1.807, 2.05) is 6.07 Å². The Morgan fingerprint density at radius 3 is 2.26 bits per heavy atom. The molecule has 4 heteroatoms. The van der Waals surface area contributed by atoms with Crippen molar-refractivity contribution >= 4 is 0 Å². The van der Waals surface area contributed by atoms with Crippen molar-refractivity contribution < 1.29 is 14.3 Å². The van der Waals surface area contributed by atoms with Crippen molar-refractivity contribution in [3.8, 4) is 0 Å². The van der Waals surface area contributed by atoms with E-state index in [1.165, 1.54) is 5.56 Å². The Hall–Kier alpha value is -0.940. The zero-order valence-electron chi connectivity index (χ0n) is 14.7. The van der Waals surface area contributed by atoms with Gasteiger partial charge in [-0.25, -0.2) is 0 Å². The van der Waals surface area contributed by atoms with E-state index in [0.717, 1.165) is 19.4 Å². The lowest BCUT2D eigenvalue weighted by molar-refractivity contribution is -0.296. The molecule has 23 heavy (non-hydrogen) atoms. The topological polar surface area (TPSA) is 34.2 Å². The summed E-state index contributed by atoms with van der Waals surface area (Å²) in [6, 6.07) is 10.4. The van der Waals surface area contributed by atoms with Crippen LogP contribution in [0.3, 0.4) is 0 Å². The van der Waals surface area contributed by atoms with Crippen molar-refractivity contribution in [1.29, 1.82) is 0 Å². The molecule has 0 bridgehead atoms. The smallest absolute Gasteiger partial charge is 0.106 e. The zero-order valence-corrected chi connectivity index (χ0v) is 14.7. The third kappa shape index (κ3) is 4.32. The van der Waals surface area contributed by atoms with Gasteiger partial charge in [0.1, 0.15) is 6.10 Å². The van der Waals surface area contributed by atoms with E-state index < -0.39 is 0 Å². The Bertz CT molecular complexity index is 493. The van der Waals surface area contributed by atoms with Crippen LogP contribution in [0.15, 0.2) is 30.3 Å². The van der Waals surface area contributed by atoms with Gasteiger partial charge < -0.3 is 9.47 Å². The minimum Gasteiger partial charge on any atom is -0.373 e. The molecule has 2 aliphatic heterocycles. The number of piperidine rings is 1. The predicted octanol–water partition coefficient (Wildman–Crippen LogP) is 3.56. The summed E-state index contributed by atoms with van der Waals surface area (Å²) in [6.45, 7) is 11.1. The molecule has 3 rings (SSSR count). The second-order valence-electron chi connectivity index (χ2n) is 8.00. The number of hydrogen-bond donors (Lipinski definition) is 0. The largest absolute Gasteiger partial charge is 0.373 e. The molecule has 2 fully saturated rings. The summed E-state index contributed by atoms with van der Waals surface area (Å²) >= 11 is 0. The van der Waals surface area contributed by atoms with E-state index in [-0.39, 0.29) is 23.3 Å². The molecule has 1 unspecified atom stereocenters. The molecule has 2 saturated heterocycles. The molecule has 0 N–H and O–H groups in total. The van der Waals surface area contributed by atoms with Gasteiger partial charge in [0.05, 0.1) is 25.9 Å². The van der Waals surface area contributed by atoms with E-state index in [9.17, 15) is 0 Å². The summed E-state index contributed by atoms with van der Waals surface area (Å²) in [5.74, 6) is 0. The lowest BCUT2D eigenvalue weighted by Crippen LogP contribution is -2.62. The molecular formula is C19H29NO3. The number of epoxide rings is 1. The number of benzene rings is 1. The highest BCUT2D eigenvalue weighted by Crippen LogP contribution is 2.40. The number of ether oxygens (including phenoxy) is 2. The van der Waals surface area contributed by atoms with Crippen LogP contribution in [0.25, 0.3) is 0 Å². The van der Waals surface area contributed by atoms with Crippen LogP contribution in [0, 0.1) is 0 Å². The van der Waals surface area contributed by atoms with Gasteiger partial charge in [0, 0.05) is 11.1 Å². The standard InChI is InChI=1S/C19H29NO3/c1-18(2)10-16(21-12-15-8-6-5-7-9-15)11-19(3,4)20(18)23-14-17-13-22-17/h5-9,16-17H,10-14H2,1-4H3. The van der Waals surface area contributed by atoms with Gasteiger partial charge in [-0.1, -0.05) is 30.3 Å². The SMILES string of the molecule is CC1(C)CC(OCc2ccccc2)CC(C)(C)N1OCC1CO1. The third-order valence-corrected chi connectivity index (χ3v) is 4.67. The quantitative estimate of drug-likeness (QED) is 0.751. The van der Waals surface area contributed by atoms with E-state index in [4.69, 9.17) is 14.3 Å². The van der Waals surface area contributed by atoms with Gasteiger partial charge in [-0.3, -0.25) is 4.84 Å². The molecule has 128 valence electrons. The Morgan fingerprint density at radius 1 is 1.09 bits per heavy atom. The van der Waals surface area contributed by atoms with Gasteiger partial charge in [0.15, 0.2) is 0 Å². The van der Waals surface area contributed by atoms with Crippen LogP contribution in [0.4, 0.5) is 0 Å². The second-order valence-corrected chi connectivity index (χ2v) is 8.00. The lowest BCUT2D eigenvalue weighted by Gasteiger charge is -2.53. The third-order valence-electron chi connectivity index (χ3n) is 4.67. The molecule has 0 saturated carbocycles. The molecule has 1 aromatic rings. The summed E-state index contributed by atoms with van der Waals surface area (Å²) in [5, 5.41) is 2.17. The van der Waals surface area contributed by atoms with Crippen LogP contribution >= 0.6 is 0 Å². The van der Waals surface area contributed by atoms with E-state index in [2.05, 4.69) is 57.0 Å². The highest BCUT2D eigenvalue weighted by molar-refractivity contribution is 5.13. The molecule has 0 aromatic heterocycles. The highest BCUT2D eigenvalue weighted by atomic mass is 16.7. The van der Waals surface area contributed by atoms with E-state index >= 15 is 0 Å². The van der Waals surface area contributed by atoms with Gasteiger partial charge >= 0.3 is 0 Å². The van der Waals surface area contributed by atoms with Crippen molar-refractivity contribution in [1.82, 2.24) is 5.06 Å². The molecule has 1 aromatic carbocycles. The fourth-order valence-electron chi connectivity index (χ4n) is 3.75. The number of rotatable bonds is 6. The maximum atomic E-state index is 6.22. The van der Waals surface area contributed by atoms with Gasteiger partial charge in [-0.2, -0.15) is 5.06 Å². The fourth-order valence-corrected chi connectivity index (χ4v) is 3.75. The Kier molecular flexibility index (Phi) is 4.79. The van der Waals surface area contributed by atoms with Crippen LogP contribution in [-0.4, -0.2) is 41.6 Å². The summed E-state index contributed by atoms with van der Waals surface area (Å²) in [7, 11) is 0. The van der Waals surface area contributed by atoms with Crippen molar-refractivity contribution in [3.05, 3.63) is 35.9 Å². The first-order valence-electron chi connectivity index (χ1n) is 8.57. The molecule has 2 heterocycles. The number of nitrogens with zero attached hydrogens (tertiary/aromatic N) is 1. The minimum absolute atomic E-state index is 0.0575. The molecule has 0 aliphatic carbocycles. The fraction of sp³-hybridized carbons (Fsp3) is 0.684. The molecule has 2 aliphatic rings. The lowest BCUT2D eigenvalue weighted by atomic mass is 9.80. The first-order chi connectivity index (χ1) is 10.9. The Morgan fingerprint density at radius 2 is 1.70 bits per heavy atom. The molecule has 0 radical (unpaired) electrons. The minimum atomic E-state index is -0.0575. The molecular weight excluding hydrogens is 290 g/mol. The molecule has 0 spiro atoms. The molecule has 4 nitrogen and oxygen atoms in total. The second kappa shape index (κ2) is 6.52. The van der Waals surface area contributed by atoms with Crippen LogP contribution in [0.5, 0.6) is 0 Å². The summed E-state index contributed by atoms with van der Waals surface area (Å²) in [5.41, 5.74) is 1.11. The van der Waals surface area contributed by atoms with Crippen molar-refractivity contribution in [2.75, 3.05) is 13.2 Å². The van der Waals surface area contributed by atoms with Crippen LogP contribution in [0.1, 0.15) is 46.1 Å². The molecule has 0 amide bonds. The average molecular weight is 319 g/mol. The van der Waals surface area contributed by atoms with Crippen molar-refractivity contribution in [3.63, 3.8) is 0 Å². The van der Waals surface area contributed by atoms with Gasteiger partial charge in [0.25, 0.3) is 0 Å². The number of hydrogen-bond acceptors (Lipinski definition) is 4. The van der Waals surface area contributed by atoms with Crippen LogP contribution in [0.2, 0.25) is 0 Å². The Labute approximate surface area is 139 Å². The van der Waals surface area contributed by atoms with Crippen molar-refractivity contribution in [2.45, 2.75) is 70.4 Å². The predicted molar refractivity (Wildman–Crippen MR) is 89.9 cm³/mol. The highest BCUT2D eigenvalue weighted by Gasteiger charge is 2.47. The van der Waals surface area contributed by atoms with Gasteiger partial charge in [0.2, 0.25) is 0 Å². The maximum absolute atomic E-state index is 6.22. The average Bonchev–Trinajstić information content (AvgIpc) is 3.28. The zero-order chi connectivity index (χ0) is 16.5. The maximum Gasteiger partial charge on any atom is 0.106 e.